The van der Waals surface area contributed by atoms with Crippen molar-refractivity contribution < 1.29 is 9.59 Å². The van der Waals surface area contributed by atoms with Gasteiger partial charge in [0, 0.05) is 37.1 Å². The van der Waals surface area contributed by atoms with Crippen LogP contribution in [0.15, 0.2) is 70.9 Å². The largest absolute Gasteiger partial charge is 0.273 e. The highest BCUT2D eigenvalue weighted by Crippen LogP contribution is 2.12. The SMILES string of the molecule is C[C@@H](/C=N\NC(=O)CCCC(=O)N/N=C\[C@H](C)c1ccccc1)c1ccccc1. The first-order chi connectivity index (χ1) is 14.1. The molecule has 0 aromatic heterocycles. The standard InChI is InChI=1S/C23H28N4O2/c1-18(20-10-5-3-6-11-20)16-24-26-22(28)14-9-15-23(29)27-25-17-19(2)21-12-7-4-8-13-21/h3-8,10-13,16-19H,9,14-15H2,1-2H3,(H,26,28)(H,27,29)/b24-16-,25-17-/t18-,19-/m0/s1. The van der Waals surface area contributed by atoms with E-state index in [4.69, 9.17) is 0 Å². The van der Waals surface area contributed by atoms with Crippen molar-refractivity contribution in [1.29, 1.82) is 0 Å². The average Bonchev–Trinajstić information content (AvgIpc) is 2.75. The van der Waals surface area contributed by atoms with E-state index in [9.17, 15) is 9.59 Å². The number of hydrogen-bond acceptors (Lipinski definition) is 4. The fraction of sp³-hybridized carbons (Fsp3) is 0.304. The van der Waals surface area contributed by atoms with E-state index in [-0.39, 0.29) is 36.5 Å². The Balaban J connectivity index is 1.61. The highest BCUT2D eigenvalue weighted by Gasteiger charge is 2.06. The molecule has 2 atom stereocenters. The van der Waals surface area contributed by atoms with Crippen molar-refractivity contribution in [2.75, 3.05) is 0 Å². The van der Waals surface area contributed by atoms with E-state index in [0.717, 1.165) is 11.1 Å². The Morgan fingerprint density at radius 3 is 1.52 bits per heavy atom. The molecule has 0 saturated carbocycles. The number of hydrogen-bond donors (Lipinski definition) is 2. The molecule has 2 aromatic rings. The number of nitrogens with one attached hydrogen (secondary N) is 2. The van der Waals surface area contributed by atoms with Crippen molar-refractivity contribution in [3.8, 4) is 0 Å². The fourth-order valence-corrected chi connectivity index (χ4v) is 2.65. The number of nitrogens with zero attached hydrogens (tertiary/aromatic N) is 2. The van der Waals surface area contributed by atoms with Crippen LogP contribution < -0.4 is 10.9 Å². The minimum Gasteiger partial charge on any atom is -0.273 e. The second-order valence-corrected chi connectivity index (χ2v) is 6.88. The van der Waals surface area contributed by atoms with Gasteiger partial charge in [0.25, 0.3) is 0 Å². The zero-order valence-corrected chi connectivity index (χ0v) is 16.9. The van der Waals surface area contributed by atoms with E-state index in [1.807, 2.05) is 74.5 Å². The quantitative estimate of drug-likeness (QED) is 0.474. The number of carbonyl (C=O) groups is 2. The van der Waals surface area contributed by atoms with Gasteiger partial charge in [0.05, 0.1) is 0 Å². The molecule has 0 heterocycles. The van der Waals surface area contributed by atoms with E-state index in [2.05, 4.69) is 21.1 Å². The minimum atomic E-state index is -0.212. The molecular weight excluding hydrogens is 364 g/mol. The lowest BCUT2D eigenvalue weighted by molar-refractivity contribution is -0.122. The first-order valence-corrected chi connectivity index (χ1v) is 9.80. The van der Waals surface area contributed by atoms with Gasteiger partial charge in [-0.25, -0.2) is 10.9 Å². The van der Waals surface area contributed by atoms with Crippen molar-refractivity contribution in [1.82, 2.24) is 10.9 Å². The smallest absolute Gasteiger partial charge is 0.240 e. The van der Waals surface area contributed by atoms with E-state index in [1.165, 1.54) is 0 Å². The first-order valence-electron chi connectivity index (χ1n) is 9.80. The molecule has 6 nitrogen and oxygen atoms in total. The normalized spacial score (nSPS) is 13.3. The van der Waals surface area contributed by atoms with Crippen molar-refractivity contribution >= 4 is 24.2 Å². The summed E-state index contributed by atoms with van der Waals surface area (Å²) in [6.07, 6.45) is 4.29. The Labute approximate surface area is 172 Å². The average molecular weight is 393 g/mol. The Bertz CT molecular complexity index is 750. The van der Waals surface area contributed by atoms with Crippen LogP contribution in [0, 0.1) is 0 Å². The molecule has 0 aliphatic carbocycles. The van der Waals surface area contributed by atoms with E-state index >= 15 is 0 Å². The second kappa shape index (κ2) is 12.2. The van der Waals surface area contributed by atoms with Crippen molar-refractivity contribution in [2.45, 2.75) is 44.9 Å². The molecular formula is C23H28N4O2. The van der Waals surface area contributed by atoms with Gasteiger partial charge in [-0.1, -0.05) is 74.5 Å². The van der Waals surface area contributed by atoms with Crippen LogP contribution in [-0.4, -0.2) is 24.2 Å². The summed E-state index contributed by atoms with van der Waals surface area (Å²) < 4.78 is 0. The summed E-state index contributed by atoms with van der Waals surface area (Å²) >= 11 is 0. The van der Waals surface area contributed by atoms with Crippen molar-refractivity contribution in [3.63, 3.8) is 0 Å². The Morgan fingerprint density at radius 2 is 1.14 bits per heavy atom. The summed E-state index contributed by atoms with van der Waals surface area (Å²) in [7, 11) is 0. The summed E-state index contributed by atoms with van der Waals surface area (Å²) in [5, 5.41) is 7.99. The number of hydrazone groups is 2. The second-order valence-electron chi connectivity index (χ2n) is 6.88. The van der Waals surface area contributed by atoms with Crippen LogP contribution in [0.2, 0.25) is 0 Å². The van der Waals surface area contributed by atoms with Gasteiger partial charge in [-0.05, 0) is 17.5 Å². The maximum atomic E-state index is 11.8. The third-order valence-electron chi connectivity index (χ3n) is 4.43. The third kappa shape index (κ3) is 8.51. The van der Waals surface area contributed by atoms with Crippen LogP contribution in [0.4, 0.5) is 0 Å². The Hall–Kier alpha value is -3.28. The van der Waals surface area contributed by atoms with Crippen LogP contribution in [0.3, 0.4) is 0 Å². The summed E-state index contributed by atoms with van der Waals surface area (Å²) in [6.45, 7) is 4.02. The number of rotatable bonds is 10. The van der Waals surface area contributed by atoms with Gasteiger partial charge in [-0.15, -0.1) is 0 Å². The predicted molar refractivity (Wildman–Crippen MR) is 117 cm³/mol. The number of carbonyl (C=O) groups excluding carboxylic acids is 2. The molecule has 2 rings (SSSR count). The highest BCUT2D eigenvalue weighted by molar-refractivity contribution is 5.80. The Kier molecular flexibility index (Phi) is 9.29. The molecule has 0 spiro atoms. The van der Waals surface area contributed by atoms with Crippen LogP contribution in [-0.2, 0) is 9.59 Å². The lowest BCUT2D eigenvalue weighted by Crippen LogP contribution is -2.20. The van der Waals surface area contributed by atoms with Gasteiger partial charge in [0.2, 0.25) is 11.8 Å². The molecule has 2 aromatic carbocycles. The van der Waals surface area contributed by atoms with Crippen LogP contribution >= 0.6 is 0 Å². The molecule has 0 aliphatic rings. The minimum absolute atomic E-state index is 0.110. The van der Waals surface area contributed by atoms with Gasteiger partial charge in [0.1, 0.15) is 0 Å². The van der Waals surface area contributed by atoms with E-state index < -0.39 is 0 Å². The number of amides is 2. The van der Waals surface area contributed by atoms with Gasteiger partial charge in [0.15, 0.2) is 0 Å². The maximum absolute atomic E-state index is 11.8. The van der Waals surface area contributed by atoms with E-state index in [0.29, 0.717) is 6.42 Å². The molecule has 6 heteroatoms. The van der Waals surface area contributed by atoms with Gasteiger partial charge < -0.3 is 0 Å². The highest BCUT2D eigenvalue weighted by atomic mass is 16.2. The van der Waals surface area contributed by atoms with Crippen LogP contribution in [0.25, 0.3) is 0 Å². The molecule has 29 heavy (non-hydrogen) atoms. The number of benzene rings is 2. The van der Waals surface area contributed by atoms with Gasteiger partial charge in [-0.2, -0.15) is 10.2 Å². The molecule has 0 fully saturated rings. The third-order valence-corrected chi connectivity index (χ3v) is 4.43. The molecule has 2 amide bonds. The Morgan fingerprint density at radius 1 is 0.759 bits per heavy atom. The topological polar surface area (TPSA) is 82.9 Å². The zero-order valence-electron chi connectivity index (χ0n) is 16.9. The van der Waals surface area contributed by atoms with Crippen molar-refractivity contribution in [3.05, 3.63) is 71.8 Å². The molecule has 2 N–H and O–H groups in total. The summed E-state index contributed by atoms with van der Waals surface area (Å²) in [4.78, 5) is 23.6. The monoisotopic (exact) mass is 392 g/mol. The maximum Gasteiger partial charge on any atom is 0.240 e. The van der Waals surface area contributed by atoms with Gasteiger partial charge in [-0.3, -0.25) is 9.59 Å². The molecule has 152 valence electrons. The summed E-state index contributed by atoms with van der Waals surface area (Å²) in [5.41, 5.74) is 7.26. The molecule has 0 unspecified atom stereocenters. The fourth-order valence-electron chi connectivity index (χ4n) is 2.65. The van der Waals surface area contributed by atoms with E-state index in [1.54, 1.807) is 12.4 Å². The van der Waals surface area contributed by atoms with Crippen molar-refractivity contribution in [2.24, 2.45) is 10.2 Å². The lowest BCUT2D eigenvalue weighted by atomic mass is 10.0. The summed E-state index contributed by atoms with van der Waals surface area (Å²) in [5.74, 6) is -0.206. The molecule has 0 radical (unpaired) electrons. The summed E-state index contributed by atoms with van der Waals surface area (Å²) in [6, 6.07) is 19.8. The zero-order chi connectivity index (χ0) is 20.9. The lowest BCUT2D eigenvalue weighted by Gasteiger charge is -2.06. The molecule has 0 saturated heterocycles. The molecule has 0 aliphatic heterocycles. The predicted octanol–water partition coefficient (Wildman–Crippen LogP) is 3.97. The van der Waals surface area contributed by atoms with Crippen LogP contribution in [0.1, 0.15) is 56.1 Å². The first kappa shape index (κ1) is 22.0. The van der Waals surface area contributed by atoms with Gasteiger partial charge >= 0.3 is 0 Å². The molecule has 0 bridgehead atoms. The van der Waals surface area contributed by atoms with Crippen LogP contribution in [0.5, 0.6) is 0 Å².